The van der Waals surface area contributed by atoms with Gasteiger partial charge in [-0.2, -0.15) is 0 Å². The smallest absolute Gasteiger partial charge is 0.213 e. The summed E-state index contributed by atoms with van der Waals surface area (Å²) in [6, 6.07) is 4.00. The molecule has 132 valence electrons. The van der Waals surface area contributed by atoms with Crippen LogP contribution in [-0.4, -0.2) is 26.2 Å². The molecule has 3 atom stereocenters. The van der Waals surface area contributed by atoms with E-state index in [0.717, 1.165) is 18.5 Å². The molecule has 4 nitrogen and oxygen atoms in total. The van der Waals surface area contributed by atoms with Crippen molar-refractivity contribution in [3.05, 3.63) is 23.4 Å². The maximum atomic E-state index is 12.7. The van der Waals surface area contributed by atoms with E-state index in [0.29, 0.717) is 18.1 Å². The molecule has 4 rings (SSSR count). The predicted molar refractivity (Wildman–Crippen MR) is 96.9 cm³/mol. The number of pyridine rings is 1. The Morgan fingerprint density at radius 1 is 1.21 bits per heavy atom. The molecule has 24 heavy (non-hydrogen) atoms. The van der Waals surface area contributed by atoms with Crippen LogP contribution in [-0.2, 0) is 9.22 Å². The Balaban J connectivity index is 2.08. The van der Waals surface area contributed by atoms with Crippen molar-refractivity contribution in [1.29, 1.82) is 0 Å². The Hall–Kier alpha value is -1.20. The van der Waals surface area contributed by atoms with Crippen LogP contribution in [0.15, 0.2) is 12.1 Å². The number of rotatable bonds is 3. The number of hydrogen-bond donors (Lipinski definition) is 0. The topological polar surface area (TPSA) is 48.4 Å². The highest BCUT2D eigenvalue weighted by Gasteiger charge is 2.47. The van der Waals surface area contributed by atoms with E-state index in [1.807, 2.05) is 6.07 Å². The van der Waals surface area contributed by atoms with Gasteiger partial charge < -0.3 is 9.16 Å². The minimum Gasteiger partial charge on any atom is -0.481 e. The molecule has 0 saturated heterocycles. The summed E-state index contributed by atoms with van der Waals surface area (Å²) in [7, 11) is -0.379. The molecule has 1 aromatic rings. The van der Waals surface area contributed by atoms with Crippen LogP contribution < -0.4 is 4.74 Å². The highest BCUT2D eigenvalue weighted by Crippen LogP contribution is 2.50. The standard InChI is InChI=1S/C19H29NO3Si/c1-19(2,3)24(5,6)23-18-14-8-7-12(11-15(14)21)13-9-10-16(22-4)20-17(13)18/h9-10,12,14,18H,7-8,11H2,1-6H3/t12-,14+,18-/m0/s1. The van der Waals surface area contributed by atoms with Gasteiger partial charge in [-0.15, -0.1) is 0 Å². The van der Waals surface area contributed by atoms with Crippen LogP contribution in [0, 0.1) is 5.92 Å². The number of hydrogen-bond acceptors (Lipinski definition) is 4. The van der Waals surface area contributed by atoms with Crippen molar-refractivity contribution in [1.82, 2.24) is 4.98 Å². The van der Waals surface area contributed by atoms with Crippen molar-refractivity contribution in [3.63, 3.8) is 0 Å². The first kappa shape index (κ1) is 17.6. The molecule has 5 heteroatoms. The molecule has 0 aromatic carbocycles. The molecule has 0 aliphatic heterocycles. The maximum absolute atomic E-state index is 12.7. The molecule has 1 aromatic heterocycles. The fourth-order valence-corrected chi connectivity index (χ4v) is 4.86. The monoisotopic (exact) mass is 347 g/mol. The van der Waals surface area contributed by atoms with Gasteiger partial charge in [-0.25, -0.2) is 4.98 Å². The molecular weight excluding hydrogens is 318 g/mol. The van der Waals surface area contributed by atoms with Gasteiger partial charge in [0.25, 0.3) is 0 Å². The van der Waals surface area contributed by atoms with E-state index in [2.05, 4.69) is 39.9 Å². The lowest BCUT2D eigenvalue weighted by molar-refractivity contribution is -0.128. The van der Waals surface area contributed by atoms with Crippen molar-refractivity contribution in [3.8, 4) is 5.88 Å². The number of Topliss-reactive ketones (excluding diaryl/α,β-unsaturated/α-hetero) is 1. The number of carbonyl (C=O) groups excluding carboxylic acids is 1. The molecule has 0 amide bonds. The molecule has 2 bridgehead atoms. The van der Waals surface area contributed by atoms with E-state index in [9.17, 15) is 4.79 Å². The molecular formula is C19H29NO3Si. The number of ether oxygens (including phenoxy) is 1. The van der Waals surface area contributed by atoms with Crippen LogP contribution in [0.5, 0.6) is 5.88 Å². The highest BCUT2D eigenvalue weighted by molar-refractivity contribution is 6.74. The molecule has 1 heterocycles. The maximum Gasteiger partial charge on any atom is 0.213 e. The zero-order valence-corrected chi connectivity index (χ0v) is 16.7. The Morgan fingerprint density at radius 3 is 2.50 bits per heavy atom. The largest absolute Gasteiger partial charge is 0.481 e. The molecule has 0 radical (unpaired) electrons. The van der Waals surface area contributed by atoms with E-state index in [-0.39, 0.29) is 23.0 Å². The highest BCUT2D eigenvalue weighted by atomic mass is 28.4. The number of methoxy groups -OCH3 is 1. The van der Waals surface area contributed by atoms with Crippen molar-refractivity contribution < 1.29 is 14.0 Å². The summed E-state index contributed by atoms with van der Waals surface area (Å²) in [5, 5.41) is 0.0966. The fraction of sp³-hybridized carbons (Fsp3) is 0.684. The second-order valence-electron chi connectivity index (χ2n) is 8.68. The summed E-state index contributed by atoms with van der Waals surface area (Å²) in [5.74, 6) is 1.17. The number of nitrogens with zero attached hydrogens (tertiary/aromatic N) is 1. The summed E-state index contributed by atoms with van der Waals surface area (Å²) in [4.78, 5) is 17.5. The van der Waals surface area contributed by atoms with Crippen LogP contribution in [0.1, 0.15) is 63.3 Å². The molecule has 3 aliphatic rings. The SMILES string of the molecule is COc1ccc2c(n1)[C@@H](O[Si](C)(C)C(C)(C)C)[C@@H]1CC[C@H]2CC1=O. The van der Waals surface area contributed by atoms with E-state index in [1.165, 1.54) is 5.56 Å². The quantitative estimate of drug-likeness (QED) is 0.749. The number of ketones is 1. The summed E-state index contributed by atoms with van der Waals surface area (Å²) in [5.41, 5.74) is 2.13. The molecule has 0 N–H and O–H groups in total. The van der Waals surface area contributed by atoms with E-state index >= 15 is 0 Å². The van der Waals surface area contributed by atoms with Crippen LogP contribution in [0.2, 0.25) is 18.1 Å². The second kappa shape index (κ2) is 5.95. The minimum absolute atomic E-state index is 0.0590. The predicted octanol–water partition coefficient (Wildman–Crippen LogP) is 4.62. The molecule has 1 fully saturated rings. The average molecular weight is 348 g/mol. The van der Waals surface area contributed by atoms with Crippen molar-refractivity contribution in [2.75, 3.05) is 7.11 Å². The van der Waals surface area contributed by atoms with Crippen molar-refractivity contribution in [2.24, 2.45) is 5.92 Å². The van der Waals surface area contributed by atoms with E-state index in [1.54, 1.807) is 7.11 Å². The van der Waals surface area contributed by atoms with Gasteiger partial charge in [-0.05, 0) is 42.5 Å². The Morgan fingerprint density at radius 2 is 1.92 bits per heavy atom. The van der Waals surface area contributed by atoms with Gasteiger partial charge >= 0.3 is 0 Å². The summed E-state index contributed by atoms with van der Waals surface area (Å²) < 4.78 is 12.1. The summed E-state index contributed by atoms with van der Waals surface area (Å²) in [6.07, 6.45) is 2.36. The van der Waals surface area contributed by atoms with Gasteiger partial charge in [-0.3, -0.25) is 4.79 Å². The molecule has 0 unspecified atom stereocenters. The Kier molecular flexibility index (Phi) is 4.37. The number of carbonyl (C=O) groups is 1. The van der Waals surface area contributed by atoms with Gasteiger partial charge in [0.15, 0.2) is 8.32 Å². The normalized spacial score (nSPS) is 26.9. The first-order valence-electron chi connectivity index (χ1n) is 8.89. The third-order valence-corrected chi connectivity index (χ3v) is 10.6. The minimum atomic E-state index is -2.01. The zero-order chi connectivity index (χ0) is 17.7. The number of fused-ring (bicyclic) bond motifs is 2. The third kappa shape index (κ3) is 2.92. The first-order chi connectivity index (χ1) is 11.1. The van der Waals surface area contributed by atoms with Gasteiger partial charge in [0.2, 0.25) is 5.88 Å². The Bertz CT molecular complexity index is 651. The molecule has 1 saturated carbocycles. The second-order valence-corrected chi connectivity index (χ2v) is 13.4. The van der Waals surface area contributed by atoms with Crippen LogP contribution in [0.3, 0.4) is 0 Å². The van der Waals surface area contributed by atoms with E-state index in [4.69, 9.17) is 14.1 Å². The lowest BCUT2D eigenvalue weighted by Gasteiger charge is -2.40. The van der Waals surface area contributed by atoms with Gasteiger partial charge in [0, 0.05) is 18.4 Å². The fourth-order valence-electron chi connectivity index (χ4n) is 3.60. The zero-order valence-electron chi connectivity index (χ0n) is 15.7. The average Bonchev–Trinajstić information content (AvgIpc) is 2.70. The van der Waals surface area contributed by atoms with Crippen LogP contribution >= 0.6 is 0 Å². The van der Waals surface area contributed by atoms with E-state index < -0.39 is 8.32 Å². The van der Waals surface area contributed by atoms with Crippen LogP contribution in [0.4, 0.5) is 0 Å². The summed E-state index contributed by atoms with van der Waals surface area (Å²) >= 11 is 0. The molecule has 0 spiro atoms. The first-order valence-corrected chi connectivity index (χ1v) is 11.8. The van der Waals surface area contributed by atoms with Gasteiger partial charge in [0.1, 0.15) is 5.78 Å². The summed E-state index contributed by atoms with van der Waals surface area (Å²) in [6.45, 7) is 11.2. The lowest BCUT2D eigenvalue weighted by Crippen LogP contribution is -2.44. The van der Waals surface area contributed by atoms with Crippen molar-refractivity contribution in [2.45, 2.75) is 70.2 Å². The van der Waals surface area contributed by atoms with Gasteiger partial charge in [0.05, 0.1) is 18.9 Å². The van der Waals surface area contributed by atoms with Crippen molar-refractivity contribution >= 4 is 14.1 Å². The lowest BCUT2D eigenvalue weighted by atomic mass is 9.81. The number of aromatic nitrogens is 1. The third-order valence-electron chi connectivity index (χ3n) is 6.13. The molecule has 3 aliphatic carbocycles. The van der Waals surface area contributed by atoms with Gasteiger partial charge in [-0.1, -0.05) is 26.8 Å². The Labute approximate surface area is 146 Å². The van der Waals surface area contributed by atoms with Crippen LogP contribution in [0.25, 0.3) is 0 Å².